The van der Waals surface area contributed by atoms with Crippen LogP contribution in [-0.4, -0.2) is 4.98 Å². The molecule has 1 nitrogen and oxygen atoms in total. The van der Waals surface area contributed by atoms with E-state index < -0.39 is 0 Å². The van der Waals surface area contributed by atoms with Crippen LogP contribution in [0.25, 0.3) is 9.88 Å². The first-order valence-corrected chi connectivity index (χ1v) is 12.5. The number of nitrogens with zero attached hydrogens (tertiary/aromatic N) is 1. The molecule has 0 radical (unpaired) electrons. The third kappa shape index (κ3) is 8.36. The fraction of sp³-hybridized carbons (Fsp3) is 0.667. The van der Waals surface area contributed by atoms with Crippen LogP contribution in [-0.2, 0) is 6.42 Å². The molecule has 2 aromatic heterocycles. The van der Waals surface area contributed by atoms with Crippen molar-refractivity contribution in [3.05, 3.63) is 27.0 Å². The van der Waals surface area contributed by atoms with Gasteiger partial charge in [0.05, 0.1) is 8.66 Å². The average molecular weight is 443 g/mol. The Morgan fingerprint density at radius 2 is 1.48 bits per heavy atom. The highest BCUT2D eigenvalue weighted by Gasteiger charge is 2.11. The number of aryl methyl sites for hydroxylation is 1. The zero-order valence-corrected chi connectivity index (χ0v) is 18.8. The van der Waals surface area contributed by atoms with Crippen molar-refractivity contribution in [1.29, 1.82) is 0 Å². The maximum Gasteiger partial charge on any atom is 0.133 e. The van der Waals surface area contributed by atoms with E-state index >= 15 is 0 Å². The third-order valence-corrected chi connectivity index (χ3v) is 7.31. The quantitative estimate of drug-likeness (QED) is 0.266. The van der Waals surface area contributed by atoms with Gasteiger partial charge in [-0.15, -0.1) is 22.7 Å². The third-order valence-electron chi connectivity index (χ3n) is 4.71. The van der Waals surface area contributed by atoms with Gasteiger partial charge in [0.25, 0.3) is 0 Å². The fourth-order valence-corrected chi connectivity index (χ4v) is 5.72. The molecule has 0 amide bonds. The van der Waals surface area contributed by atoms with Crippen molar-refractivity contribution in [3.63, 3.8) is 0 Å². The van der Waals surface area contributed by atoms with Crippen molar-refractivity contribution in [1.82, 2.24) is 4.98 Å². The molecule has 0 aliphatic heterocycles. The molecule has 4 heteroatoms. The maximum absolute atomic E-state index is 4.48. The number of hydrogen-bond donors (Lipinski definition) is 0. The van der Waals surface area contributed by atoms with Gasteiger partial charge in [0.15, 0.2) is 0 Å². The minimum Gasteiger partial charge on any atom is -0.244 e. The zero-order valence-electron chi connectivity index (χ0n) is 15.6. The van der Waals surface area contributed by atoms with Gasteiger partial charge in [-0.3, -0.25) is 0 Å². The molecular formula is C21H32BrNS2. The topological polar surface area (TPSA) is 12.9 Å². The van der Waals surface area contributed by atoms with Gasteiger partial charge in [0, 0.05) is 11.6 Å². The fourth-order valence-electron chi connectivity index (χ4n) is 3.25. The van der Waals surface area contributed by atoms with Crippen molar-refractivity contribution in [2.24, 2.45) is 0 Å². The van der Waals surface area contributed by atoms with Gasteiger partial charge in [-0.05, 0) is 40.4 Å². The van der Waals surface area contributed by atoms with E-state index in [0.29, 0.717) is 0 Å². The predicted octanol–water partition coefficient (Wildman–Crippen LogP) is 8.88. The molecule has 140 valence electrons. The molecule has 0 aliphatic rings. The zero-order chi connectivity index (χ0) is 17.7. The van der Waals surface area contributed by atoms with Crippen molar-refractivity contribution < 1.29 is 0 Å². The summed E-state index contributed by atoms with van der Waals surface area (Å²) in [7, 11) is 0. The van der Waals surface area contributed by atoms with Gasteiger partial charge in [-0.2, -0.15) is 0 Å². The van der Waals surface area contributed by atoms with E-state index in [1.54, 1.807) is 11.3 Å². The summed E-state index contributed by atoms with van der Waals surface area (Å²) in [5.74, 6) is 0. The number of unbranched alkanes of at least 4 members (excludes halogenated alkanes) is 11. The largest absolute Gasteiger partial charge is 0.244 e. The Balaban J connectivity index is 1.51. The van der Waals surface area contributed by atoms with Crippen LogP contribution in [0.15, 0.2) is 21.4 Å². The molecular weight excluding hydrogens is 410 g/mol. The van der Waals surface area contributed by atoms with Crippen LogP contribution in [0.4, 0.5) is 0 Å². The van der Waals surface area contributed by atoms with E-state index in [1.807, 2.05) is 17.5 Å². The molecule has 0 spiro atoms. The molecule has 0 atom stereocenters. The van der Waals surface area contributed by atoms with Crippen LogP contribution in [0.5, 0.6) is 0 Å². The van der Waals surface area contributed by atoms with Gasteiger partial charge in [-0.1, -0.05) is 77.6 Å². The van der Waals surface area contributed by atoms with Crippen LogP contribution >= 0.6 is 38.6 Å². The van der Waals surface area contributed by atoms with Gasteiger partial charge >= 0.3 is 0 Å². The second-order valence-corrected chi connectivity index (χ2v) is 10.2. The Hall–Kier alpha value is -0.190. The van der Waals surface area contributed by atoms with Gasteiger partial charge < -0.3 is 0 Å². The summed E-state index contributed by atoms with van der Waals surface area (Å²) in [5, 5.41) is 3.24. The van der Waals surface area contributed by atoms with E-state index in [2.05, 4.69) is 39.3 Å². The standard InChI is InChI=1S/C21H32BrNS2/c1-2-3-4-5-6-7-8-9-10-11-12-13-14-18-17-19(22)25-20(18)21-23-15-16-24-21/h15-17H,2-14H2,1H3. The van der Waals surface area contributed by atoms with Crippen LogP contribution in [0.2, 0.25) is 0 Å². The molecule has 2 rings (SSSR count). The van der Waals surface area contributed by atoms with E-state index in [-0.39, 0.29) is 0 Å². The van der Waals surface area contributed by atoms with Crippen LogP contribution in [0, 0.1) is 0 Å². The highest BCUT2D eigenvalue weighted by atomic mass is 79.9. The smallest absolute Gasteiger partial charge is 0.133 e. The van der Waals surface area contributed by atoms with Crippen molar-refractivity contribution >= 4 is 38.6 Å². The Morgan fingerprint density at radius 3 is 2.04 bits per heavy atom. The van der Waals surface area contributed by atoms with Crippen LogP contribution in [0.1, 0.15) is 89.5 Å². The van der Waals surface area contributed by atoms with Crippen molar-refractivity contribution in [3.8, 4) is 9.88 Å². The molecule has 0 saturated carbocycles. The lowest BCUT2D eigenvalue weighted by molar-refractivity contribution is 0.544. The molecule has 0 bridgehead atoms. The minimum absolute atomic E-state index is 1.17. The summed E-state index contributed by atoms with van der Waals surface area (Å²) in [6, 6.07) is 2.29. The molecule has 2 aromatic rings. The Bertz CT molecular complexity index is 562. The van der Waals surface area contributed by atoms with Crippen molar-refractivity contribution in [2.75, 3.05) is 0 Å². The number of hydrogen-bond acceptors (Lipinski definition) is 3. The molecule has 0 aliphatic carbocycles. The Labute approximate surface area is 170 Å². The first-order chi connectivity index (χ1) is 12.3. The van der Waals surface area contributed by atoms with E-state index in [9.17, 15) is 0 Å². The Kier molecular flexibility index (Phi) is 11.0. The van der Waals surface area contributed by atoms with Crippen LogP contribution < -0.4 is 0 Å². The monoisotopic (exact) mass is 441 g/mol. The molecule has 25 heavy (non-hydrogen) atoms. The molecule has 2 heterocycles. The summed E-state index contributed by atoms with van der Waals surface area (Å²) < 4.78 is 1.23. The first-order valence-electron chi connectivity index (χ1n) is 9.99. The second-order valence-electron chi connectivity index (χ2n) is 6.88. The predicted molar refractivity (Wildman–Crippen MR) is 118 cm³/mol. The maximum atomic E-state index is 4.48. The van der Waals surface area contributed by atoms with E-state index in [4.69, 9.17) is 0 Å². The minimum atomic E-state index is 1.17. The first kappa shape index (κ1) is 21.1. The normalized spacial score (nSPS) is 11.3. The summed E-state index contributed by atoms with van der Waals surface area (Å²) >= 11 is 7.21. The lowest BCUT2D eigenvalue weighted by Gasteiger charge is -2.03. The molecule has 0 N–H and O–H groups in total. The lowest BCUT2D eigenvalue weighted by atomic mass is 10.0. The number of halogens is 1. The molecule has 0 aromatic carbocycles. The average Bonchev–Trinajstić information content (AvgIpc) is 3.25. The summed E-state index contributed by atoms with van der Waals surface area (Å²) in [6.07, 6.45) is 20.0. The molecule has 0 saturated heterocycles. The highest BCUT2D eigenvalue weighted by Crippen LogP contribution is 2.37. The van der Waals surface area contributed by atoms with Gasteiger partial charge in [-0.25, -0.2) is 4.98 Å². The summed E-state index contributed by atoms with van der Waals surface area (Å²) in [4.78, 5) is 5.84. The number of rotatable bonds is 14. The van der Waals surface area contributed by atoms with E-state index in [0.717, 1.165) is 0 Å². The van der Waals surface area contributed by atoms with E-state index in [1.165, 1.54) is 103 Å². The molecule has 0 unspecified atom stereocenters. The van der Waals surface area contributed by atoms with Gasteiger partial charge in [0.1, 0.15) is 5.01 Å². The number of thiophene rings is 1. The lowest BCUT2D eigenvalue weighted by Crippen LogP contribution is -1.87. The summed E-state index contributed by atoms with van der Waals surface area (Å²) in [6.45, 7) is 2.29. The molecule has 0 fully saturated rings. The number of aromatic nitrogens is 1. The van der Waals surface area contributed by atoms with Gasteiger partial charge in [0.2, 0.25) is 0 Å². The highest BCUT2D eigenvalue weighted by molar-refractivity contribution is 9.11. The second kappa shape index (κ2) is 13.1. The summed E-state index contributed by atoms with van der Waals surface area (Å²) in [5.41, 5.74) is 1.47. The SMILES string of the molecule is CCCCCCCCCCCCCCc1cc(Br)sc1-c1nccs1. The Morgan fingerprint density at radius 1 is 0.880 bits per heavy atom. The van der Waals surface area contributed by atoms with Crippen LogP contribution in [0.3, 0.4) is 0 Å². The van der Waals surface area contributed by atoms with Crippen molar-refractivity contribution in [2.45, 2.75) is 90.4 Å². The number of thiazole rings is 1.